The predicted octanol–water partition coefficient (Wildman–Crippen LogP) is 3.51. The first-order valence-electron chi connectivity index (χ1n) is 13.9. The molecule has 0 aliphatic rings. The highest BCUT2D eigenvalue weighted by Gasteiger charge is 2.29. The van der Waals surface area contributed by atoms with E-state index in [2.05, 4.69) is 17.9 Å². The van der Waals surface area contributed by atoms with E-state index in [1.807, 2.05) is 42.5 Å². The third kappa shape index (κ3) is 10.0. The number of amides is 2. The van der Waals surface area contributed by atoms with Crippen LogP contribution >= 0.6 is 12.6 Å². The average Bonchev–Trinajstić information content (AvgIpc) is 2.95. The third-order valence-corrected chi connectivity index (χ3v) is 7.59. The molecule has 0 spiro atoms. The van der Waals surface area contributed by atoms with Gasteiger partial charge in [-0.25, -0.2) is 0 Å². The number of Topliss-reactive ketones (excluding diaryl/α,β-unsaturated/α-hetero) is 2. The summed E-state index contributed by atoms with van der Waals surface area (Å²) in [7, 11) is 0. The summed E-state index contributed by atoms with van der Waals surface area (Å²) in [4.78, 5) is 51.6. The summed E-state index contributed by atoms with van der Waals surface area (Å²) in [6, 6.07) is 19.3. The number of unbranched alkanes of at least 4 members (excludes halogenated alkanes) is 1. The molecule has 0 aromatic heterocycles. The van der Waals surface area contributed by atoms with Crippen molar-refractivity contribution >= 4 is 46.8 Å². The van der Waals surface area contributed by atoms with Crippen LogP contribution in [0.1, 0.15) is 43.2 Å². The summed E-state index contributed by atoms with van der Waals surface area (Å²) in [6.45, 7) is 0.483. The summed E-state index contributed by atoms with van der Waals surface area (Å²) in [6.07, 6.45) is 2.11. The number of nitrogens with one attached hydrogen (secondary N) is 1. The minimum atomic E-state index is -0.930. The van der Waals surface area contributed by atoms with Gasteiger partial charge in [0.25, 0.3) is 0 Å². The van der Waals surface area contributed by atoms with E-state index in [0.29, 0.717) is 19.4 Å². The molecule has 2 unspecified atom stereocenters. The van der Waals surface area contributed by atoms with Gasteiger partial charge in [-0.3, -0.25) is 19.2 Å². The Hall–Kier alpha value is -3.69. The van der Waals surface area contributed by atoms with Gasteiger partial charge in [0, 0.05) is 36.9 Å². The number of carbonyl (C=O) groups excluding carboxylic acids is 4. The standard InChI is InChI=1S/C32H39N3O5S/c33-14-4-3-7-25(31(34)39)19-30(38)29(20-41)35-32(40)26(15-21-9-12-27(36)13-10-21)18-28(37)17-22-8-11-23-5-1-2-6-24(23)16-22/h1-2,5-6,8-13,16,25-26,29,36,41H,3-4,7,14-15,17-20,33H2,(H2,34,39)(H,35,40)/t25?,26?,29-/m0/s1. The lowest BCUT2D eigenvalue weighted by Crippen LogP contribution is -2.46. The Morgan fingerprint density at radius 3 is 2.20 bits per heavy atom. The minimum Gasteiger partial charge on any atom is -0.508 e. The van der Waals surface area contributed by atoms with Crippen LogP contribution in [0.2, 0.25) is 0 Å². The topological polar surface area (TPSA) is 153 Å². The fourth-order valence-corrected chi connectivity index (χ4v) is 5.18. The highest BCUT2D eigenvalue weighted by atomic mass is 32.1. The van der Waals surface area contributed by atoms with Gasteiger partial charge < -0.3 is 21.9 Å². The van der Waals surface area contributed by atoms with E-state index in [-0.39, 0.29) is 48.8 Å². The smallest absolute Gasteiger partial charge is 0.224 e. The van der Waals surface area contributed by atoms with Crippen molar-refractivity contribution in [3.63, 3.8) is 0 Å². The van der Waals surface area contributed by atoms with Crippen molar-refractivity contribution in [2.75, 3.05) is 12.3 Å². The van der Waals surface area contributed by atoms with Crippen LogP contribution in [0.25, 0.3) is 10.8 Å². The van der Waals surface area contributed by atoms with E-state index in [0.717, 1.165) is 28.3 Å². The van der Waals surface area contributed by atoms with E-state index >= 15 is 0 Å². The number of aromatic hydroxyl groups is 1. The van der Waals surface area contributed by atoms with E-state index in [1.54, 1.807) is 12.1 Å². The first kappa shape index (κ1) is 31.8. The third-order valence-electron chi connectivity index (χ3n) is 7.22. The molecule has 3 aromatic rings. The lowest BCUT2D eigenvalue weighted by atomic mass is 9.90. The molecular formula is C32H39N3O5S. The Morgan fingerprint density at radius 2 is 1.54 bits per heavy atom. The van der Waals surface area contributed by atoms with Crippen LogP contribution < -0.4 is 16.8 Å². The predicted molar refractivity (Wildman–Crippen MR) is 164 cm³/mol. The molecule has 0 aliphatic heterocycles. The first-order valence-corrected chi connectivity index (χ1v) is 14.5. The van der Waals surface area contributed by atoms with Gasteiger partial charge in [-0.1, -0.05) is 61.0 Å². The van der Waals surface area contributed by atoms with Crippen LogP contribution in [-0.4, -0.2) is 46.8 Å². The maximum atomic E-state index is 13.5. The Kier molecular flexibility index (Phi) is 12.4. The lowest BCUT2D eigenvalue weighted by molar-refractivity contribution is -0.133. The lowest BCUT2D eigenvalue weighted by Gasteiger charge is -2.22. The molecular weight excluding hydrogens is 538 g/mol. The van der Waals surface area contributed by atoms with Crippen LogP contribution in [-0.2, 0) is 32.0 Å². The van der Waals surface area contributed by atoms with Gasteiger partial charge in [0.05, 0.1) is 6.04 Å². The molecule has 0 heterocycles. The molecule has 218 valence electrons. The molecule has 9 heteroatoms. The Bertz CT molecular complexity index is 1340. The molecule has 6 N–H and O–H groups in total. The van der Waals surface area contributed by atoms with Crippen LogP contribution in [0, 0.1) is 11.8 Å². The second-order valence-corrected chi connectivity index (χ2v) is 10.8. The van der Waals surface area contributed by atoms with Crippen LogP contribution in [0.5, 0.6) is 5.75 Å². The molecule has 0 fully saturated rings. The van der Waals surface area contributed by atoms with Gasteiger partial charge in [-0.2, -0.15) is 12.6 Å². The monoisotopic (exact) mass is 577 g/mol. The van der Waals surface area contributed by atoms with E-state index in [9.17, 15) is 24.3 Å². The number of hydrogen-bond donors (Lipinski definition) is 5. The van der Waals surface area contributed by atoms with Crippen molar-refractivity contribution in [1.29, 1.82) is 0 Å². The van der Waals surface area contributed by atoms with Crippen molar-refractivity contribution in [2.45, 2.75) is 51.0 Å². The highest BCUT2D eigenvalue weighted by molar-refractivity contribution is 7.80. The van der Waals surface area contributed by atoms with Crippen molar-refractivity contribution in [3.05, 3.63) is 77.9 Å². The minimum absolute atomic E-state index is 0.0317. The molecule has 0 saturated heterocycles. The maximum Gasteiger partial charge on any atom is 0.224 e. The first-order chi connectivity index (χ1) is 19.7. The molecule has 3 rings (SSSR count). The number of rotatable bonds is 17. The fraction of sp³-hybridized carbons (Fsp3) is 0.375. The summed E-state index contributed by atoms with van der Waals surface area (Å²) in [5.74, 6) is -2.73. The summed E-state index contributed by atoms with van der Waals surface area (Å²) in [5, 5.41) is 14.5. The SMILES string of the molecule is NCCCCC(CC(=O)[C@H](CS)NC(=O)C(CC(=O)Cc1ccc2ccccc2c1)Cc1ccc(O)cc1)C(N)=O. The van der Waals surface area contributed by atoms with E-state index in [4.69, 9.17) is 11.5 Å². The van der Waals surface area contributed by atoms with E-state index in [1.165, 1.54) is 12.1 Å². The molecule has 0 radical (unpaired) electrons. The van der Waals surface area contributed by atoms with Crippen molar-refractivity contribution in [1.82, 2.24) is 5.32 Å². The zero-order valence-electron chi connectivity index (χ0n) is 23.1. The van der Waals surface area contributed by atoms with Gasteiger partial charge in [-0.15, -0.1) is 0 Å². The number of nitrogens with two attached hydrogens (primary N) is 2. The van der Waals surface area contributed by atoms with E-state index < -0.39 is 29.7 Å². The number of primary amides is 1. The summed E-state index contributed by atoms with van der Waals surface area (Å²) >= 11 is 4.27. The number of phenolic OH excluding ortho intramolecular Hbond substituents is 1. The number of benzene rings is 3. The van der Waals surface area contributed by atoms with Gasteiger partial charge in [0.2, 0.25) is 11.8 Å². The second kappa shape index (κ2) is 15.9. The maximum absolute atomic E-state index is 13.5. The number of fused-ring (bicyclic) bond motifs is 1. The number of carbonyl (C=O) groups is 4. The zero-order chi connectivity index (χ0) is 29.8. The molecule has 3 atom stereocenters. The van der Waals surface area contributed by atoms with Crippen LogP contribution in [0.4, 0.5) is 0 Å². The molecule has 0 bridgehead atoms. The molecule has 8 nitrogen and oxygen atoms in total. The summed E-state index contributed by atoms with van der Waals surface area (Å²) in [5.41, 5.74) is 12.7. The molecule has 2 amide bonds. The van der Waals surface area contributed by atoms with Crippen LogP contribution in [0.3, 0.4) is 0 Å². The summed E-state index contributed by atoms with van der Waals surface area (Å²) < 4.78 is 0. The number of thiol groups is 1. The number of ketones is 2. The highest BCUT2D eigenvalue weighted by Crippen LogP contribution is 2.21. The van der Waals surface area contributed by atoms with Crippen LogP contribution in [0.15, 0.2) is 66.7 Å². The van der Waals surface area contributed by atoms with Crippen molar-refractivity contribution < 1.29 is 24.3 Å². The largest absolute Gasteiger partial charge is 0.508 e. The fourth-order valence-electron chi connectivity index (χ4n) is 4.88. The Balaban J connectivity index is 1.72. The van der Waals surface area contributed by atoms with Gasteiger partial charge in [0.1, 0.15) is 11.5 Å². The Morgan fingerprint density at radius 1 is 0.854 bits per heavy atom. The molecule has 41 heavy (non-hydrogen) atoms. The van der Waals surface area contributed by atoms with Crippen molar-refractivity contribution in [3.8, 4) is 5.75 Å². The molecule has 0 aliphatic carbocycles. The molecule has 0 saturated carbocycles. The average molecular weight is 578 g/mol. The Labute approximate surface area is 246 Å². The second-order valence-electron chi connectivity index (χ2n) is 10.5. The van der Waals surface area contributed by atoms with Gasteiger partial charge in [0.15, 0.2) is 5.78 Å². The normalized spacial score (nSPS) is 13.3. The van der Waals surface area contributed by atoms with Gasteiger partial charge in [-0.05, 0) is 59.8 Å². The van der Waals surface area contributed by atoms with Gasteiger partial charge >= 0.3 is 0 Å². The zero-order valence-corrected chi connectivity index (χ0v) is 24.0. The quantitative estimate of drug-likeness (QED) is 0.122. The number of hydrogen-bond acceptors (Lipinski definition) is 7. The molecule has 3 aromatic carbocycles. The van der Waals surface area contributed by atoms with Crippen molar-refractivity contribution in [2.24, 2.45) is 23.3 Å². The number of phenols is 1.